The van der Waals surface area contributed by atoms with Gasteiger partial charge in [0, 0.05) is 17.1 Å². The molecule has 3 N–H and O–H groups in total. The molecule has 2 aromatic carbocycles. The van der Waals surface area contributed by atoms with E-state index in [0.717, 1.165) is 29.1 Å². The van der Waals surface area contributed by atoms with Gasteiger partial charge in [0.2, 0.25) is 0 Å². The first-order chi connectivity index (χ1) is 12.6. The number of hydrogen-bond acceptors (Lipinski definition) is 4. The molecule has 0 fully saturated rings. The molecule has 0 saturated carbocycles. The van der Waals surface area contributed by atoms with Gasteiger partial charge in [-0.15, -0.1) is 11.8 Å². The molecule has 5 nitrogen and oxygen atoms in total. The molecule has 0 bridgehead atoms. The molecule has 0 spiro atoms. The van der Waals surface area contributed by atoms with E-state index in [2.05, 4.69) is 17.6 Å². The molecule has 0 aromatic heterocycles. The summed E-state index contributed by atoms with van der Waals surface area (Å²) in [5.74, 6) is 0.786. The maximum atomic E-state index is 12.0. The molecular formula is C20H26N2O3S. The first-order valence-electron chi connectivity index (χ1n) is 8.72. The van der Waals surface area contributed by atoms with Crippen molar-refractivity contribution in [2.24, 2.45) is 0 Å². The summed E-state index contributed by atoms with van der Waals surface area (Å²) in [4.78, 5) is 13.1. The highest BCUT2D eigenvalue weighted by molar-refractivity contribution is 7.98. The third-order valence-corrected chi connectivity index (χ3v) is 4.58. The molecule has 1 unspecified atom stereocenters. The highest BCUT2D eigenvalue weighted by Crippen LogP contribution is 2.19. The van der Waals surface area contributed by atoms with Gasteiger partial charge >= 0.3 is 6.03 Å². The summed E-state index contributed by atoms with van der Waals surface area (Å²) in [6, 6.07) is 14.5. The van der Waals surface area contributed by atoms with Gasteiger partial charge in [0.25, 0.3) is 0 Å². The summed E-state index contributed by atoms with van der Waals surface area (Å²) in [5, 5.41) is 15.6. The molecule has 0 heterocycles. The predicted octanol–water partition coefficient (Wildman–Crippen LogP) is 4.44. The molecule has 0 aliphatic heterocycles. The maximum Gasteiger partial charge on any atom is 0.319 e. The number of unbranched alkanes of at least 4 members (excludes halogenated alkanes) is 1. The molecule has 2 aromatic rings. The second-order valence-corrected chi connectivity index (χ2v) is 6.73. The van der Waals surface area contributed by atoms with E-state index in [1.165, 1.54) is 0 Å². The molecule has 0 radical (unpaired) electrons. The van der Waals surface area contributed by atoms with Crippen LogP contribution in [0.5, 0.6) is 5.75 Å². The fraction of sp³-hybridized carbons (Fsp3) is 0.350. The van der Waals surface area contributed by atoms with E-state index in [9.17, 15) is 9.90 Å². The number of nitrogens with one attached hydrogen (secondary N) is 2. The zero-order valence-electron chi connectivity index (χ0n) is 15.2. The summed E-state index contributed by atoms with van der Waals surface area (Å²) >= 11 is 1.64. The van der Waals surface area contributed by atoms with E-state index in [1.807, 2.05) is 42.7 Å². The van der Waals surface area contributed by atoms with Gasteiger partial charge in [0.05, 0.1) is 12.7 Å². The predicted molar refractivity (Wildman–Crippen MR) is 107 cm³/mol. The number of aliphatic hydroxyl groups is 1. The van der Waals surface area contributed by atoms with Crippen LogP contribution >= 0.6 is 11.8 Å². The first-order valence-corrected chi connectivity index (χ1v) is 9.94. The lowest BCUT2D eigenvalue weighted by atomic mass is 10.1. The normalized spacial score (nSPS) is 11.7. The molecule has 140 valence electrons. The average Bonchev–Trinajstić information content (AvgIpc) is 2.68. The van der Waals surface area contributed by atoms with Crippen molar-refractivity contribution in [3.8, 4) is 5.75 Å². The number of urea groups is 1. The van der Waals surface area contributed by atoms with Crippen molar-refractivity contribution in [2.45, 2.75) is 30.8 Å². The second kappa shape index (κ2) is 10.7. The van der Waals surface area contributed by atoms with E-state index in [1.54, 1.807) is 23.9 Å². The number of rotatable bonds is 9. The van der Waals surface area contributed by atoms with Crippen LogP contribution in [-0.2, 0) is 0 Å². The molecule has 2 rings (SSSR count). The number of hydrogen-bond donors (Lipinski definition) is 3. The molecule has 0 aliphatic carbocycles. The number of carbonyl (C=O) groups is 1. The molecule has 0 aliphatic rings. The maximum absolute atomic E-state index is 12.0. The lowest BCUT2D eigenvalue weighted by molar-refractivity contribution is 0.175. The second-order valence-electron chi connectivity index (χ2n) is 5.85. The zero-order chi connectivity index (χ0) is 18.8. The SMILES string of the molecule is CCCCOc1ccc(NC(=O)NCC(O)c2ccc(SC)cc2)cc1. The van der Waals surface area contributed by atoms with Crippen LogP contribution in [0.15, 0.2) is 53.4 Å². The highest BCUT2D eigenvalue weighted by atomic mass is 32.2. The number of amides is 2. The number of carbonyl (C=O) groups excluding carboxylic acids is 1. The summed E-state index contributed by atoms with van der Waals surface area (Å²) in [6.45, 7) is 2.95. The Morgan fingerprint density at radius 3 is 2.46 bits per heavy atom. The zero-order valence-corrected chi connectivity index (χ0v) is 16.0. The fourth-order valence-corrected chi connectivity index (χ4v) is 2.69. The molecule has 0 saturated heterocycles. The van der Waals surface area contributed by atoms with E-state index in [4.69, 9.17) is 4.74 Å². The van der Waals surface area contributed by atoms with Crippen molar-refractivity contribution in [2.75, 3.05) is 24.7 Å². The molecular weight excluding hydrogens is 348 g/mol. The monoisotopic (exact) mass is 374 g/mol. The van der Waals surface area contributed by atoms with Crippen LogP contribution in [0.25, 0.3) is 0 Å². The Hall–Kier alpha value is -2.18. The van der Waals surface area contributed by atoms with Crippen molar-refractivity contribution in [3.63, 3.8) is 0 Å². The van der Waals surface area contributed by atoms with Gasteiger partial charge in [-0.3, -0.25) is 0 Å². The van der Waals surface area contributed by atoms with Gasteiger partial charge in [-0.1, -0.05) is 25.5 Å². The average molecular weight is 375 g/mol. The smallest absolute Gasteiger partial charge is 0.319 e. The standard InChI is InChI=1S/C20H26N2O3S/c1-3-4-13-25-17-9-7-16(8-10-17)22-20(24)21-14-19(23)15-5-11-18(26-2)12-6-15/h5-12,19,23H,3-4,13-14H2,1-2H3,(H2,21,22,24). The first kappa shape index (κ1) is 20.1. The van der Waals surface area contributed by atoms with Crippen LogP contribution in [-0.4, -0.2) is 30.5 Å². The highest BCUT2D eigenvalue weighted by Gasteiger charge is 2.09. The number of anilines is 1. The summed E-state index contributed by atoms with van der Waals surface area (Å²) in [6.07, 6.45) is 3.37. The molecule has 6 heteroatoms. The Balaban J connectivity index is 1.77. The van der Waals surface area contributed by atoms with E-state index in [-0.39, 0.29) is 12.6 Å². The minimum absolute atomic E-state index is 0.142. The van der Waals surface area contributed by atoms with Gasteiger partial charge in [0.15, 0.2) is 0 Å². The Morgan fingerprint density at radius 2 is 1.85 bits per heavy atom. The summed E-state index contributed by atoms with van der Waals surface area (Å²) in [7, 11) is 0. The Labute approximate surface area is 159 Å². The van der Waals surface area contributed by atoms with Gasteiger partial charge in [-0.05, 0) is 54.6 Å². The molecule has 26 heavy (non-hydrogen) atoms. The lowest BCUT2D eigenvalue weighted by Gasteiger charge is -2.13. The van der Waals surface area contributed by atoms with Crippen molar-refractivity contribution in [1.29, 1.82) is 0 Å². The van der Waals surface area contributed by atoms with Gasteiger partial charge in [-0.2, -0.15) is 0 Å². The largest absolute Gasteiger partial charge is 0.494 e. The minimum atomic E-state index is -0.744. The van der Waals surface area contributed by atoms with E-state index >= 15 is 0 Å². The quantitative estimate of drug-likeness (QED) is 0.448. The van der Waals surface area contributed by atoms with E-state index in [0.29, 0.717) is 12.3 Å². The van der Waals surface area contributed by atoms with Crippen molar-refractivity contribution in [3.05, 3.63) is 54.1 Å². The number of benzene rings is 2. The van der Waals surface area contributed by atoms with Crippen LogP contribution < -0.4 is 15.4 Å². The minimum Gasteiger partial charge on any atom is -0.494 e. The third-order valence-electron chi connectivity index (χ3n) is 3.84. The van der Waals surface area contributed by atoms with Crippen molar-refractivity contribution >= 4 is 23.5 Å². The Morgan fingerprint density at radius 1 is 1.15 bits per heavy atom. The van der Waals surface area contributed by atoms with Crippen LogP contribution in [0.3, 0.4) is 0 Å². The summed E-state index contributed by atoms with van der Waals surface area (Å²) in [5.41, 5.74) is 1.45. The van der Waals surface area contributed by atoms with Gasteiger partial charge < -0.3 is 20.5 Å². The number of ether oxygens (including phenoxy) is 1. The third kappa shape index (κ3) is 6.61. The van der Waals surface area contributed by atoms with Crippen LogP contribution in [0.4, 0.5) is 10.5 Å². The van der Waals surface area contributed by atoms with Crippen molar-refractivity contribution in [1.82, 2.24) is 5.32 Å². The topological polar surface area (TPSA) is 70.6 Å². The number of aliphatic hydroxyl groups excluding tert-OH is 1. The van der Waals surface area contributed by atoms with Crippen LogP contribution in [0.2, 0.25) is 0 Å². The van der Waals surface area contributed by atoms with Crippen molar-refractivity contribution < 1.29 is 14.6 Å². The molecule has 1 atom stereocenters. The van der Waals surface area contributed by atoms with Crippen LogP contribution in [0, 0.1) is 0 Å². The molecule has 2 amide bonds. The lowest BCUT2D eigenvalue weighted by Crippen LogP contribution is -2.32. The van der Waals surface area contributed by atoms with Gasteiger partial charge in [-0.25, -0.2) is 4.79 Å². The van der Waals surface area contributed by atoms with E-state index < -0.39 is 6.10 Å². The van der Waals surface area contributed by atoms with Crippen LogP contribution in [0.1, 0.15) is 31.4 Å². The Bertz CT molecular complexity index is 674. The Kier molecular flexibility index (Phi) is 8.31. The number of thioether (sulfide) groups is 1. The fourth-order valence-electron chi connectivity index (χ4n) is 2.28. The summed E-state index contributed by atoms with van der Waals surface area (Å²) < 4.78 is 5.59. The van der Waals surface area contributed by atoms with Gasteiger partial charge in [0.1, 0.15) is 5.75 Å².